The number of amides is 1. The molecule has 1 saturated carbocycles. The van der Waals surface area contributed by atoms with Gasteiger partial charge in [0.25, 0.3) is 0 Å². The lowest BCUT2D eigenvalue weighted by Gasteiger charge is -2.17. The van der Waals surface area contributed by atoms with E-state index in [1.807, 2.05) is 6.92 Å². The first-order chi connectivity index (χ1) is 6.67. The van der Waals surface area contributed by atoms with E-state index in [-0.39, 0.29) is 17.9 Å². The Labute approximate surface area is 84.7 Å². The van der Waals surface area contributed by atoms with Crippen molar-refractivity contribution in [2.45, 2.75) is 38.3 Å². The zero-order valence-electron chi connectivity index (χ0n) is 8.71. The molecule has 4 nitrogen and oxygen atoms in total. The van der Waals surface area contributed by atoms with Crippen LogP contribution in [0.15, 0.2) is 0 Å². The van der Waals surface area contributed by atoms with Crippen molar-refractivity contribution >= 4 is 5.91 Å². The monoisotopic (exact) mass is 195 g/mol. The number of hydrogen-bond acceptors (Lipinski definition) is 3. The summed E-state index contributed by atoms with van der Waals surface area (Å²) in [6.07, 6.45) is 2.83. The number of nitrogens with one attached hydrogen (secondary N) is 2. The fourth-order valence-corrected chi connectivity index (χ4v) is 1.90. The summed E-state index contributed by atoms with van der Waals surface area (Å²) >= 11 is 0. The SMILES string of the molecule is CNC(=O)[C@@H](C)NC1CCC(C#N)C1. The molecule has 0 aromatic carbocycles. The third-order valence-corrected chi connectivity index (χ3v) is 2.74. The zero-order valence-corrected chi connectivity index (χ0v) is 8.71. The third-order valence-electron chi connectivity index (χ3n) is 2.74. The van der Waals surface area contributed by atoms with E-state index >= 15 is 0 Å². The normalized spacial score (nSPS) is 28.1. The number of carbonyl (C=O) groups is 1. The maximum Gasteiger partial charge on any atom is 0.236 e. The predicted molar refractivity (Wildman–Crippen MR) is 53.4 cm³/mol. The Morgan fingerprint density at radius 2 is 2.29 bits per heavy atom. The molecule has 0 radical (unpaired) electrons. The standard InChI is InChI=1S/C10H17N3O/c1-7(10(14)12-2)13-9-4-3-8(5-9)6-11/h7-9,13H,3-5H2,1-2H3,(H,12,14)/t7-,8?,9?/m1/s1. The van der Waals surface area contributed by atoms with Gasteiger partial charge in [-0.25, -0.2) is 0 Å². The molecule has 1 rings (SSSR count). The van der Waals surface area contributed by atoms with Crippen LogP contribution >= 0.6 is 0 Å². The van der Waals surface area contributed by atoms with Gasteiger partial charge in [0.15, 0.2) is 0 Å². The van der Waals surface area contributed by atoms with E-state index in [0.29, 0.717) is 6.04 Å². The Balaban J connectivity index is 2.32. The average molecular weight is 195 g/mol. The van der Waals surface area contributed by atoms with E-state index in [1.165, 1.54) is 0 Å². The van der Waals surface area contributed by atoms with Crippen molar-refractivity contribution in [1.29, 1.82) is 5.26 Å². The molecule has 3 atom stereocenters. The van der Waals surface area contributed by atoms with Gasteiger partial charge in [0.1, 0.15) is 0 Å². The number of hydrogen-bond donors (Lipinski definition) is 2. The van der Waals surface area contributed by atoms with Crippen LogP contribution in [0.5, 0.6) is 0 Å². The van der Waals surface area contributed by atoms with Gasteiger partial charge in [-0.15, -0.1) is 0 Å². The Morgan fingerprint density at radius 1 is 1.57 bits per heavy atom. The van der Waals surface area contributed by atoms with Crippen LogP contribution in [0.1, 0.15) is 26.2 Å². The summed E-state index contributed by atoms with van der Waals surface area (Å²) < 4.78 is 0. The molecule has 14 heavy (non-hydrogen) atoms. The van der Waals surface area contributed by atoms with E-state index in [9.17, 15) is 4.79 Å². The first kappa shape index (κ1) is 11.0. The van der Waals surface area contributed by atoms with Crippen molar-refractivity contribution in [1.82, 2.24) is 10.6 Å². The van der Waals surface area contributed by atoms with E-state index in [1.54, 1.807) is 7.05 Å². The summed E-state index contributed by atoms with van der Waals surface area (Å²) in [5, 5.41) is 14.5. The van der Waals surface area contributed by atoms with E-state index in [0.717, 1.165) is 19.3 Å². The van der Waals surface area contributed by atoms with Crippen molar-refractivity contribution < 1.29 is 4.79 Å². The van der Waals surface area contributed by atoms with E-state index in [4.69, 9.17) is 5.26 Å². The van der Waals surface area contributed by atoms with Crippen LogP contribution in [0.2, 0.25) is 0 Å². The Bertz CT molecular complexity index is 246. The molecular weight excluding hydrogens is 178 g/mol. The molecule has 78 valence electrons. The second kappa shape index (κ2) is 4.97. The van der Waals surface area contributed by atoms with Gasteiger partial charge in [0.05, 0.1) is 12.1 Å². The molecule has 0 bridgehead atoms. The molecule has 2 N–H and O–H groups in total. The second-order valence-corrected chi connectivity index (χ2v) is 3.84. The van der Waals surface area contributed by atoms with Gasteiger partial charge >= 0.3 is 0 Å². The van der Waals surface area contributed by atoms with Crippen molar-refractivity contribution in [3.63, 3.8) is 0 Å². The topological polar surface area (TPSA) is 64.9 Å². The minimum absolute atomic E-state index is 0.00501. The molecular formula is C10H17N3O. The zero-order chi connectivity index (χ0) is 10.6. The first-order valence-electron chi connectivity index (χ1n) is 5.04. The van der Waals surface area contributed by atoms with Crippen LogP contribution in [0.3, 0.4) is 0 Å². The lowest BCUT2D eigenvalue weighted by atomic mass is 10.1. The fraction of sp³-hybridized carbons (Fsp3) is 0.800. The van der Waals surface area contributed by atoms with Crippen molar-refractivity contribution in [3.05, 3.63) is 0 Å². The third kappa shape index (κ3) is 2.71. The van der Waals surface area contributed by atoms with E-state index in [2.05, 4.69) is 16.7 Å². The molecule has 2 unspecified atom stereocenters. The largest absolute Gasteiger partial charge is 0.358 e. The minimum atomic E-state index is -0.164. The minimum Gasteiger partial charge on any atom is -0.358 e. The second-order valence-electron chi connectivity index (χ2n) is 3.84. The molecule has 4 heteroatoms. The average Bonchev–Trinajstić information content (AvgIpc) is 2.64. The fourth-order valence-electron chi connectivity index (χ4n) is 1.90. The van der Waals surface area contributed by atoms with Crippen molar-refractivity contribution in [2.24, 2.45) is 5.92 Å². The Hall–Kier alpha value is -1.08. The van der Waals surface area contributed by atoms with Gasteiger partial charge in [-0.2, -0.15) is 5.26 Å². The Kier molecular flexibility index (Phi) is 3.90. The maximum atomic E-state index is 11.2. The number of nitriles is 1. The highest BCUT2D eigenvalue weighted by Crippen LogP contribution is 2.24. The number of nitrogens with zero attached hydrogens (tertiary/aromatic N) is 1. The maximum absolute atomic E-state index is 11.2. The van der Waals surface area contributed by atoms with Crippen LogP contribution in [-0.4, -0.2) is 25.0 Å². The van der Waals surface area contributed by atoms with Gasteiger partial charge in [0, 0.05) is 19.0 Å². The van der Waals surface area contributed by atoms with Crippen molar-refractivity contribution in [3.8, 4) is 6.07 Å². The molecule has 0 saturated heterocycles. The molecule has 1 aliphatic rings. The summed E-state index contributed by atoms with van der Waals surface area (Å²) in [6, 6.07) is 2.43. The summed E-state index contributed by atoms with van der Waals surface area (Å²) in [5.74, 6) is 0.176. The summed E-state index contributed by atoms with van der Waals surface area (Å²) in [7, 11) is 1.63. The quantitative estimate of drug-likeness (QED) is 0.685. The Morgan fingerprint density at radius 3 is 2.79 bits per heavy atom. The molecule has 1 aliphatic carbocycles. The highest BCUT2D eigenvalue weighted by molar-refractivity contribution is 5.80. The molecule has 0 spiro atoms. The van der Waals surface area contributed by atoms with Gasteiger partial charge < -0.3 is 10.6 Å². The van der Waals surface area contributed by atoms with Gasteiger partial charge in [-0.1, -0.05) is 0 Å². The van der Waals surface area contributed by atoms with Crippen LogP contribution in [-0.2, 0) is 4.79 Å². The lowest BCUT2D eigenvalue weighted by molar-refractivity contribution is -0.122. The van der Waals surface area contributed by atoms with Crippen molar-refractivity contribution in [2.75, 3.05) is 7.05 Å². The van der Waals surface area contributed by atoms with E-state index < -0.39 is 0 Å². The molecule has 1 fully saturated rings. The van der Waals surface area contributed by atoms with Gasteiger partial charge in [-0.05, 0) is 26.2 Å². The molecule has 0 aliphatic heterocycles. The summed E-state index contributed by atoms with van der Waals surface area (Å²) in [5.41, 5.74) is 0. The highest BCUT2D eigenvalue weighted by Gasteiger charge is 2.26. The highest BCUT2D eigenvalue weighted by atomic mass is 16.2. The number of rotatable bonds is 3. The molecule has 0 aromatic heterocycles. The van der Waals surface area contributed by atoms with Crippen LogP contribution in [0.4, 0.5) is 0 Å². The van der Waals surface area contributed by atoms with Crippen LogP contribution < -0.4 is 10.6 Å². The van der Waals surface area contributed by atoms with Gasteiger partial charge in [0.2, 0.25) is 5.91 Å². The summed E-state index contributed by atoms with van der Waals surface area (Å²) in [6.45, 7) is 1.85. The molecule has 0 aromatic rings. The lowest BCUT2D eigenvalue weighted by Crippen LogP contribution is -2.44. The van der Waals surface area contributed by atoms with Crippen LogP contribution in [0.25, 0.3) is 0 Å². The smallest absolute Gasteiger partial charge is 0.236 e. The van der Waals surface area contributed by atoms with Gasteiger partial charge in [-0.3, -0.25) is 4.79 Å². The molecule has 0 heterocycles. The van der Waals surface area contributed by atoms with Crippen LogP contribution in [0, 0.1) is 17.2 Å². The first-order valence-corrected chi connectivity index (χ1v) is 5.04. The number of carbonyl (C=O) groups excluding carboxylic acids is 1. The number of likely N-dealkylation sites (N-methyl/N-ethyl adjacent to an activating group) is 1. The molecule has 1 amide bonds. The summed E-state index contributed by atoms with van der Waals surface area (Å²) in [4.78, 5) is 11.2. The predicted octanol–water partition coefficient (Wildman–Crippen LogP) is 0.403.